The first-order valence-electron chi connectivity index (χ1n) is 4.15. The Morgan fingerprint density at radius 1 is 1.42 bits per heavy atom. The predicted octanol–water partition coefficient (Wildman–Crippen LogP) is 0.954. The zero-order valence-electron chi connectivity index (χ0n) is 7.43. The lowest BCUT2D eigenvalue weighted by Gasteiger charge is -2.50. The molecular weight excluding hydrogens is 164 g/mol. The molecule has 2 nitrogen and oxygen atoms in total. The van der Waals surface area contributed by atoms with Crippen molar-refractivity contribution in [1.29, 1.82) is 0 Å². The maximum absolute atomic E-state index is 12.4. The van der Waals surface area contributed by atoms with E-state index in [1.54, 1.807) is 0 Å². The maximum atomic E-state index is 12.4. The Morgan fingerprint density at radius 3 is 2.17 bits per heavy atom. The number of alkyl halides is 2. The summed E-state index contributed by atoms with van der Waals surface area (Å²) < 4.78 is 24.8. The summed E-state index contributed by atoms with van der Waals surface area (Å²) in [6, 6.07) is 0.295. The lowest BCUT2D eigenvalue weighted by Crippen LogP contribution is -2.63. The summed E-state index contributed by atoms with van der Waals surface area (Å²) >= 11 is 0. The van der Waals surface area contributed by atoms with E-state index in [9.17, 15) is 8.78 Å². The molecule has 0 atom stereocenters. The molecule has 0 radical (unpaired) electrons. The van der Waals surface area contributed by atoms with Crippen LogP contribution in [0.1, 0.15) is 13.8 Å². The van der Waals surface area contributed by atoms with Gasteiger partial charge in [-0.3, -0.25) is 4.90 Å². The fourth-order valence-electron chi connectivity index (χ4n) is 1.43. The number of aliphatic hydroxyl groups excluding tert-OH is 1. The number of rotatable bonds is 3. The summed E-state index contributed by atoms with van der Waals surface area (Å²) in [5.41, 5.74) is -1.13. The Bertz CT molecular complexity index is 155. The van der Waals surface area contributed by atoms with Crippen LogP contribution in [0.3, 0.4) is 0 Å². The van der Waals surface area contributed by atoms with E-state index in [0.717, 1.165) is 0 Å². The molecule has 1 fully saturated rings. The van der Waals surface area contributed by atoms with Gasteiger partial charge in [0, 0.05) is 19.1 Å². The lowest BCUT2D eigenvalue weighted by molar-refractivity contribution is -0.145. The number of halogens is 2. The summed E-state index contributed by atoms with van der Waals surface area (Å²) in [5, 5.41) is 8.80. The molecule has 0 spiro atoms. The summed E-state index contributed by atoms with van der Waals surface area (Å²) in [7, 11) is 0. The number of nitrogens with zero attached hydrogens (tertiary/aromatic N) is 1. The maximum Gasteiger partial charge on any atom is 0.248 e. The first-order chi connectivity index (χ1) is 5.52. The summed E-state index contributed by atoms with van der Waals surface area (Å²) in [4.78, 5) is 1.93. The predicted molar refractivity (Wildman–Crippen MR) is 42.2 cm³/mol. The van der Waals surface area contributed by atoms with Gasteiger partial charge < -0.3 is 5.11 Å². The monoisotopic (exact) mass is 179 g/mol. The van der Waals surface area contributed by atoms with Gasteiger partial charge in [-0.15, -0.1) is 0 Å². The van der Waals surface area contributed by atoms with Crippen LogP contribution in [0.2, 0.25) is 0 Å². The van der Waals surface area contributed by atoms with Crippen molar-refractivity contribution in [3.05, 3.63) is 0 Å². The molecule has 0 saturated carbocycles. The van der Waals surface area contributed by atoms with Crippen LogP contribution in [0.15, 0.2) is 0 Å². The Morgan fingerprint density at radius 2 is 1.92 bits per heavy atom. The van der Waals surface area contributed by atoms with Gasteiger partial charge in [0.2, 0.25) is 6.43 Å². The van der Waals surface area contributed by atoms with Crippen molar-refractivity contribution in [3.63, 3.8) is 0 Å². The van der Waals surface area contributed by atoms with Crippen molar-refractivity contribution < 1.29 is 13.9 Å². The van der Waals surface area contributed by atoms with Gasteiger partial charge in [0.25, 0.3) is 0 Å². The molecule has 12 heavy (non-hydrogen) atoms. The first-order valence-corrected chi connectivity index (χ1v) is 4.15. The third-order valence-electron chi connectivity index (χ3n) is 2.54. The highest BCUT2D eigenvalue weighted by molar-refractivity contribution is 4.97. The smallest absolute Gasteiger partial charge is 0.248 e. The van der Waals surface area contributed by atoms with Crippen LogP contribution in [0.25, 0.3) is 0 Å². The second-order valence-electron chi connectivity index (χ2n) is 3.82. The number of hydrogen-bond acceptors (Lipinski definition) is 2. The van der Waals surface area contributed by atoms with Gasteiger partial charge in [-0.05, 0) is 13.8 Å². The molecule has 1 heterocycles. The van der Waals surface area contributed by atoms with Gasteiger partial charge in [0.05, 0.1) is 12.0 Å². The van der Waals surface area contributed by atoms with E-state index in [0.29, 0.717) is 19.1 Å². The van der Waals surface area contributed by atoms with Crippen LogP contribution in [-0.4, -0.2) is 42.2 Å². The zero-order valence-corrected chi connectivity index (χ0v) is 7.43. The highest BCUT2D eigenvalue weighted by Gasteiger charge is 2.50. The van der Waals surface area contributed by atoms with Gasteiger partial charge in [0.1, 0.15) is 0 Å². The van der Waals surface area contributed by atoms with Gasteiger partial charge in [-0.2, -0.15) is 0 Å². The highest BCUT2D eigenvalue weighted by Crippen LogP contribution is 2.37. The second kappa shape index (κ2) is 3.26. The van der Waals surface area contributed by atoms with Crippen molar-refractivity contribution in [2.24, 2.45) is 5.41 Å². The molecule has 1 rings (SSSR count). The molecule has 72 valence electrons. The molecule has 1 N–H and O–H groups in total. The van der Waals surface area contributed by atoms with Crippen LogP contribution < -0.4 is 0 Å². The first kappa shape index (κ1) is 9.86. The Balaban J connectivity index is 2.46. The highest BCUT2D eigenvalue weighted by atomic mass is 19.3. The molecule has 0 aromatic heterocycles. The minimum absolute atomic E-state index is 0.295. The second-order valence-corrected chi connectivity index (χ2v) is 3.82. The molecule has 1 aliphatic heterocycles. The van der Waals surface area contributed by atoms with Crippen LogP contribution in [-0.2, 0) is 0 Å². The molecule has 1 saturated heterocycles. The minimum Gasteiger partial charge on any atom is -0.395 e. The molecule has 0 amide bonds. The van der Waals surface area contributed by atoms with Crippen LogP contribution >= 0.6 is 0 Å². The molecular formula is C8H15F2NO. The van der Waals surface area contributed by atoms with Crippen molar-refractivity contribution in [2.45, 2.75) is 26.3 Å². The lowest BCUT2D eigenvalue weighted by atomic mass is 9.80. The van der Waals surface area contributed by atoms with Gasteiger partial charge in [-0.1, -0.05) is 0 Å². The van der Waals surface area contributed by atoms with Crippen molar-refractivity contribution >= 4 is 0 Å². The molecule has 0 unspecified atom stereocenters. The topological polar surface area (TPSA) is 23.5 Å². The Hall–Kier alpha value is -0.220. The number of hydrogen-bond donors (Lipinski definition) is 1. The van der Waals surface area contributed by atoms with Crippen molar-refractivity contribution in [2.75, 3.05) is 19.7 Å². The molecule has 0 bridgehead atoms. The van der Waals surface area contributed by atoms with Crippen molar-refractivity contribution in [3.8, 4) is 0 Å². The van der Waals surface area contributed by atoms with E-state index in [2.05, 4.69) is 0 Å². The fraction of sp³-hybridized carbons (Fsp3) is 1.00. The molecule has 0 aromatic carbocycles. The van der Waals surface area contributed by atoms with E-state index in [1.807, 2.05) is 18.7 Å². The summed E-state index contributed by atoms with van der Waals surface area (Å²) in [6.07, 6.45) is -2.41. The van der Waals surface area contributed by atoms with Crippen molar-refractivity contribution in [1.82, 2.24) is 4.90 Å². The van der Waals surface area contributed by atoms with Crippen LogP contribution in [0, 0.1) is 5.41 Å². The van der Waals surface area contributed by atoms with Crippen LogP contribution in [0.4, 0.5) is 8.78 Å². The molecule has 1 aliphatic rings. The molecule has 0 aromatic rings. The van der Waals surface area contributed by atoms with E-state index in [4.69, 9.17) is 5.11 Å². The fourth-order valence-corrected chi connectivity index (χ4v) is 1.43. The number of likely N-dealkylation sites (tertiary alicyclic amines) is 1. The van der Waals surface area contributed by atoms with E-state index in [1.165, 1.54) is 0 Å². The Labute approximate surface area is 71.2 Å². The third kappa shape index (κ3) is 1.45. The molecule has 4 heteroatoms. The molecule has 0 aliphatic carbocycles. The SMILES string of the molecule is CC(C)N1CC(CO)(C(F)F)C1. The average molecular weight is 179 g/mol. The average Bonchev–Trinajstić information content (AvgIpc) is 1.84. The standard InChI is InChI=1S/C8H15F2NO/c1-6(2)11-3-8(4-11,5-12)7(9)10/h6-7,12H,3-5H2,1-2H3. The van der Waals surface area contributed by atoms with Gasteiger partial charge in [-0.25, -0.2) is 8.78 Å². The summed E-state index contributed by atoms with van der Waals surface area (Å²) in [5.74, 6) is 0. The van der Waals surface area contributed by atoms with Gasteiger partial charge in [0.15, 0.2) is 0 Å². The van der Waals surface area contributed by atoms with Crippen LogP contribution in [0.5, 0.6) is 0 Å². The van der Waals surface area contributed by atoms with Gasteiger partial charge >= 0.3 is 0 Å². The zero-order chi connectivity index (χ0) is 9.35. The summed E-state index contributed by atoms with van der Waals surface area (Å²) in [6.45, 7) is 4.16. The number of aliphatic hydroxyl groups is 1. The minimum atomic E-state index is -2.41. The van der Waals surface area contributed by atoms with E-state index >= 15 is 0 Å². The quantitative estimate of drug-likeness (QED) is 0.697. The van der Waals surface area contributed by atoms with E-state index < -0.39 is 18.4 Å². The van der Waals surface area contributed by atoms with E-state index in [-0.39, 0.29) is 0 Å². The third-order valence-corrected chi connectivity index (χ3v) is 2.54. The Kier molecular flexibility index (Phi) is 2.68. The largest absolute Gasteiger partial charge is 0.395 e. The normalized spacial score (nSPS) is 23.2.